The molecule has 7 heteroatoms. The molecule has 24 heavy (non-hydrogen) atoms. The number of carbonyl (C=O) groups excluding carboxylic acids is 1. The molecule has 2 aromatic carbocycles. The zero-order valence-corrected chi connectivity index (χ0v) is 14.0. The van der Waals surface area contributed by atoms with E-state index in [-0.39, 0.29) is 16.3 Å². The minimum Gasteiger partial charge on any atom is -0.266 e. The third-order valence-corrected chi connectivity index (χ3v) is 4.30. The van der Waals surface area contributed by atoms with Crippen LogP contribution < -0.4 is 4.90 Å². The van der Waals surface area contributed by atoms with Crippen LogP contribution in [0.1, 0.15) is 5.56 Å². The van der Waals surface area contributed by atoms with Gasteiger partial charge in [0.1, 0.15) is 17.3 Å². The molecule has 0 aromatic heterocycles. The van der Waals surface area contributed by atoms with E-state index < -0.39 is 17.5 Å². The standard InChI is InChI=1S/C17H11ClF2N2OS/c1-24-17-21-15(8-10-4-2-3-5-13(10)19)16(23)22(17)11-6-7-14(20)12(18)9-11/h2-9H,1H3/b15-8-. The average molecular weight is 365 g/mol. The summed E-state index contributed by atoms with van der Waals surface area (Å²) in [5, 5.41) is 0.317. The van der Waals surface area contributed by atoms with Gasteiger partial charge in [0, 0.05) is 5.56 Å². The molecule has 122 valence electrons. The zero-order valence-electron chi connectivity index (χ0n) is 12.5. The molecular weight excluding hydrogens is 354 g/mol. The van der Waals surface area contributed by atoms with Crippen molar-refractivity contribution in [3.05, 3.63) is 70.4 Å². The smallest absolute Gasteiger partial charge is 0.266 e. The zero-order chi connectivity index (χ0) is 17.3. The van der Waals surface area contributed by atoms with Crippen LogP contribution in [0, 0.1) is 11.6 Å². The van der Waals surface area contributed by atoms with Crippen LogP contribution in [0.5, 0.6) is 0 Å². The lowest BCUT2D eigenvalue weighted by molar-refractivity contribution is -0.113. The topological polar surface area (TPSA) is 32.7 Å². The molecule has 0 saturated carbocycles. The fourth-order valence-electron chi connectivity index (χ4n) is 2.22. The fraction of sp³-hybridized carbons (Fsp3) is 0.0588. The molecule has 1 aliphatic rings. The lowest BCUT2D eigenvalue weighted by Gasteiger charge is -2.17. The van der Waals surface area contributed by atoms with Crippen molar-refractivity contribution in [2.45, 2.75) is 0 Å². The largest absolute Gasteiger partial charge is 0.283 e. The normalized spacial score (nSPS) is 16.0. The summed E-state index contributed by atoms with van der Waals surface area (Å²) in [6.45, 7) is 0. The Hall–Kier alpha value is -2.18. The van der Waals surface area contributed by atoms with Crippen LogP contribution in [0.25, 0.3) is 6.08 Å². The highest BCUT2D eigenvalue weighted by molar-refractivity contribution is 8.13. The van der Waals surface area contributed by atoms with Crippen LogP contribution >= 0.6 is 23.4 Å². The van der Waals surface area contributed by atoms with Gasteiger partial charge in [-0.25, -0.2) is 13.8 Å². The van der Waals surface area contributed by atoms with Gasteiger partial charge in [0.05, 0.1) is 10.7 Å². The van der Waals surface area contributed by atoms with E-state index in [1.165, 1.54) is 47.0 Å². The van der Waals surface area contributed by atoms with E-state index in [0.29, 0.717) is 10.9 Å². The summed E-state index contributed by atoms with van der Waals surface area (Å²) in [6.07, 6.45) is 3.15. The Balaban J connectivity index is 2.02. The Bertz CT molecular complexity index is 883. The quantitative estimate of drug-likeness (QED) is 0.722. The first-order valence-electron chi connectivity index (χ1n) is 6.89. The van der Waals surface area contributed by atoms with E-state index in [0.717, 1.165) is 0 Å². The molecule has 2 aromatic rings. The molecule has 0 N–H and O–H groups in total. The third kappa shape index (κ3) is 3.07. The number of aliphatic imine (C=N–C) groups is 1. The molecule has 0 saturated heterocycles. The highest BCUT2D eigenvalue weighted by Gasteiger charge is 2.31. The molecule has 0 unspecified atom stereocenters. The summed E-state index contributed by atoms with van der Waals surface area (Å²) in [7, 11) is 0. The van der Waals surface area contributed by atoms with Crippen LogP contribution in [0.2, 0.25) is 5.02 Å². The minimum atomic E-state index is -0.572. The second kappa shape index (κ2) is 6.75. The molecule has 3 nitrogen and oxygen atoms in total. The summed E-state index contributed by atoms with van der Waals surface area (Å²) in [5.41, 5.74) is 0.769. The van der Waals surface area contributed by atoms with Crippen LogP contribution in [0.15, 0.2) is 53.2 Å². The van der Waals surface area contributed by atoms with Crippen LogP contribution in [-0.4, -0.2) is 17.3 Å². The summed E-state index contributed by atoms with van der Waals surface area (Å²) in [6, 6.07) is 10.1. The first-order valence-corrected chi connectivity index (χ1v) is 8.50. The molecular formula is C17H11ClF2N2OS. The number of amidine groups is 1. The van der Waals surface area contributed by atoms with E-state index >= 15 is 0 Å². The van der Waals surface area contributed by atoms with Crippen molar-refractivity contribution in [3.8, 4) is 0 Å². The van der Waals surface area contributed by atoms with Crippen molar-refractivity contribution < 1.29 is 13.6 Å². The first-order chi connectivity index (χ1) is 11.5. The Labute approximate surface area is 146 Å². The second-order valence-electron chi connectivity index (χ2n) is 4.89. The van der Waals surface area contributed by atoms with Gasteiger partial charge in [-0.15, -0.1) is 0 Å². The Morgan fingerprint density at radius 1 is 1.17 bits per heavy atom. The number of carbonyl (C=O) groups is 1. The Kier molecular flexibility index (Phi) is 4.69. The molecule has 3 rings (SSSR count). The van der Waals surface area contributed by atoms with Gasteiger partial charge >= 0.3 is 0 Å². The van der Waals surface area contributed by atoms with Crippen molar-refractivity contribution in [1.82, 2.24) is 0 Å². The Morgan fingerprint density at radius 3 is 2.58 bits per heavy atom. The van der Waals surface area contributed by atoms with Crippen molar-refractivity contribution in [1.29, 1.82) is 0 Å². The maximum Gasteiger partial charge on any atom is 0.283 e. The third-order valence-electron chi connectivity index (χ3n) is 3.37. The lowest BCUT2D eigenvalue weighted by atomic mass is 10.1. The number of rotatable bonds is 2. The average Bonchev–Trinajstić information content (AvgIpc) is 2.88. The summed E-state index contributed by atoms with van der Waals surface area (Å²) in [4.78, 5) is 18.2. The second-order valence-corrected chi connectivity index (χ2v) is 6.07. The number of nitrogens with zero attached hydrogens (tertiary/aromatic N) is 2. The van der Waals surface area contributed by atoms with Crippen LogP contribution in [-0.2, 0) is 4.79 Å². The molecule has 1 aliphatic heterocycles. The first kappa shape index (κ1) is 16.7. The number of hydrogen-bond donors (Lipinski definition) is 0. The molecule has 0 spiro atoms. The van der Waals surface area contributed by atoms with E-state index in [2.05, 4.69) is 4.99 Å². The molecule has 1 heterocycles. The predicted molar refractivity (Wildman–Crippen MR) is 94.2 cm³/mol. The maximum atomic E-state index is 13.8. The molecule has 1 amide bonds. The van der Waals surface area contributed by atoms with Gasteiger partial charge in [-0.05, 0) is 36.6 Å². The fourth-order valence-corrected chi connectivity index (χ4v) is 2.96. The van der Waals surface area contributed by atoms with Crippen molar-refractivity contribution in [3.63, 3.8) is 0 Å². The number of thioether (sulfide) groups is 1. The van der Waals surface area contributed by atoms with Crippen LogP contribution in [0.4, 0.5) is 14.5 Å². The predicted octanol–water partition coefficient (Wildman–Crippen LogP) is 4.72. The summed E-state index contributed by atoms with van der Waals surface area (Å²) >= 11 is 7.05. The highest BCUT2D eigenvalue weighted by atomic mass is 35.5. The number of benzene rings is 2. The number of anilines is 1. The monoisotopic (exact) mass is 364 g/mol. The van der Waals surface area contributed by atoms with Crippen molar-refractivity contribution >= 4 is 46.2 Å². The highest BCUT2D eigenvalue weighted by Crippen LogP contribution is 2.31. The van der Waals surface area contributed by atoms with Gasteiger partial charge in [0.25, 0.3) is 5.91 Å². The van der Waals surface area contributed by atoms with E-state index in [1.807, 2.05) is 0 Å². The van der Waals surface area contributed by atoms with Gasteiger partial charge in [-0.2, -0.15) is 0 Å². The summed E-state index contributed by atoms with van der Waals surface area (Å²) < 4.78 is 27.1. The molecule has 0 fully saturated rings. The van der Waals surface area contributed by atoms with Gasteiger partial charge < -0.3 is 0 Å². The summed E-state index contributed by atoms with van der Waals surface area (Å²) in [5.74, 6) is -1.44. The van der Waals surface area contributed by atoms with E-state index in [9.17, 15) is 13.6 Å². The SMILES string of the molecule is CSC1=N/C(=C\c2ccccc2F)C(=O)N1c1ccc(F)c(Cl)c1. The van der Waals surface area contributed by atoms with Gasteiger partial charge in [-0.1, -0.05) is 41.6 Å². The van der Waals surface area contributed by atoms with Gasteiger partial charge in [0.15, 0.2) is 5.17 Å². The molecule has 0 bridgehead atoms. The number of hydrogen-bond acceptors (Lipinski definition) is 3. The maximum absolute atomic E-state index is 13.8. The lowest BCUT2D eigenvalue weighted by Crippen LogP contribution is -2.30. The Morgan fingerprint density at radius 2 is 1.92 bits per heavy atom. The number of halogens is 3. The van der Waals surface area contributed by atoms with E-state index in [4.69, 9.17) is 11.6 Å². The van der Waals surface area contributed by atoms with Crippen molar-refractivity contribution in [2.75, 3.05) is 11.2 Å². The van der Waals surface area contributed by atoms with Gasteiger partial charge in [-0.3, -0.25) is 9.69 Å². The number of amides is 1. The van der Waals surface area contributed by atoms with Gasteiger partial charge in [0.2, 0.25) is 0 Å². The molecule has 0 aliphatic carbocycles. The van der Waals surface area contributed by atoms with E-state index in [1.54, 1.807) is 24.5 Å². The minimum absolute atomic E-state index is 0.0905. The van der Waals surface area contributed by atoms with Crippen LogP contribution in [0.3, 0.4) is 0 Å². The van der Waals surface area contributed by atoms with Crippen molar-refractivity contribution in [2.24, 2.45) is 4.99 Å². The molecule has 0 radical (unpaired) electrons. The molecule has 0 atom stereocenters.